The summed E-state index contributed by atoms with van der Waals surface area (Å²) < 4.78 is 15.6. The molecule has 0 fully saturated rings. The molecule has 0 aliphatic rings. The summed E-state index contributed by atoms with van der Waals surface area (Å²) in [6.45, 7) is 0. The molecule has 0 saturated carbocycles. The third-order valence-corrected chi connectivity index (χ3v) is 3.16. The van der Waals surface area contributed by atoms with Gasteiger partial charge in [-0.05, 0) is 24.3 Å². The average molecular weight is 287 g/mol. The Kier molecular flexibility index (Phi) is 4.33. The van der Waals surface area contributed by atoms with E-state index < -0.39 is 0 Å². The number of nitrogen functional groups attached to an aromatic ring is 1. The van der Waals surface area contributed by atoms with E-state index in [1.807, 2.05) is 0 Å². The number of carbonyl (C=O) groups is 1. The first-order chi connectivity index (χ1) is 10.1. The number of benzene rings is 2. The third-order valence-electron chi connectivity index (χ3n) is 3.16. The molecule has 0 heterocycles. The van der Waals surface area contributed by atoms with E-state index in [0.717, 1.165) is 0 Å². The lowest BCUT2D eigenvalue weighted by Gasteiger charge is -2.13. The van der Waals surface area contributed by atoms with E-state index in [0.29, 0.717) is 34.1 Å². The Balaban J connectivity index is 2.54. The van der Waals surface area contributed by atoms with E-state index in [9.17, 15) is 4.79 Å². The van der Waals surface area contributed by atoms with Gasteiger partial charge in [0.05, 0.1) is 21.3 Å². The lowest BCUT2D eigenvalue weighted by molar-refractivity contribution is 0.103. The zero-order valence-electron chi connectivity index (χ0n) is 12.2. The lowest BCUT2D eigenvalue weighted by atomic mass is 9.99. The van der Waals surface area contributed by atoms with Crippen LogP contribution in [0.1, 0.15) is 15.9 Å². The Labute approximate surface area is 123 Å². The zero-order chi connectivity index (χ0) is 15.4. The van der Waals surface area contributed by atoms with Crippen LogP contribution in [0.2, 0.25) is 0 Å². The highest BCUT2D eigenvalue weighted by atomic mass is 16.5. The Morgan fingerprint density at radius 3 is 2.05 bits per heavy atom. The van der Waals surface area contributed by atoms with Crippen molar-refractivity contribution in [3.63, 3.8) is 0 Å². The molecular weight excluding hydrogens is 270 g/mol. The second-order valence-electron chi connectivity index (χ2n) is 4.32. The van der Waals surface area contributed by atoms with Crippen molar-refractivity contribution in [1.29, 1.82) is 0 Å². The number of hydrogen-bond acceptors (Lipinski definition) is 5. The normalized spacial score (nSPS) is 10.0. The van der Waals surface area contributed by atoms with E-state index in [1.165, 1.54) is 14.2 Å². The fourth-order valence-electron chi connectivity index (χ4n) is 2.08. The van der Waals surface area contributed by atoms with Gasteiger partial charge in [-0.1, -0.05) is 6.07 Å². The van der Waals surface area contributed by atoms with Crippen LogP contribution < -0.4 is 19.9 Å². The fourth-order valence-corrected chi connectivity index (χ4v) is 2.08. The summed E-state index contributed by atoms with van der Waals surface area (Å²) in [6.07, 6.45) is 0. The maximum atomic E-state index is 12.7. The van der Waals surface area contributed by atoms with Crippen molar-refractivity contribution in [2.45, 2.75) is 0 Å². The molecule has 0 aliphatic carbocycles. The summed E-state index contributed by atoms with van der Waals surface area (Å²) in [5.74, 6) is 1.21. The molecule has 2 rings (SSSR count). The first-order valence-corrected chi connectivity index (χ1v) is 6.31. The molecule has 21 heavy (non-hydrogen) atoms. The standard InChI is InChI=1S/C16H17NO4/c1-19-10-7-8-11(12(17)9-10)16(18)15-13(20-2)5-4-6-14(15)21-3/h4-9H,17H2,1-3H3. The molecule has 0 aliphatic heterocycles. The Morgan fingerprint density at radius 1 is 0.952 bits per heavy atom. The van der Waals surface area contributed by atoms with E-state index >= 15 is 0 Å². The van der Waals surface area contributed by atoms with Gasteiger partial charge in [0.1, 0.15) is 22.8 Å². The third kappa shape index (κ3) is 2.76. The van der Waals surface area contributed by atoms with Crippen LogP contribution in [0.4, 0.5) is 5.69 Å². The maximum Gasteiger partial charge on any atom is 0.202 e. The average Bonchev–Trinajstić information content (AvgIpc) is 2.53. The van der Waals surface area contributed by atoms with Crippen LogP contribution in [0.5, 0.6) is 17.2 Å². The van der Waals surface area contributed by atoms with Crippen LogP contribution in [0.3, 0.4) is 0 Å². The summed E-state index contributed by atoms with van der Waals surface area (Å²) in [6, 6.07) is 10.1. The number of methoxy groups -OCH3 is 3. The minimum absolute atomic E-state index is 0.260. The van der Waals surface area contributed by atoms with Crippen molar-refractivity contribution in [3.05, 3.63) is 47.5 Å². The Hall–Kier alpha value is -2.69. The molecule has 2 aromatic rings. The van der Waals surface area contributed by atoms with Gasteiger partial charge in [-0.2, -0.15) is 0 Å². The van der Waals surface area contributed by atoms with Gasteiger partial charge in [-0.25, -0.2) is 0 Å². The SMILES string of the molecule is COc1ccc(C(=O)c2c(OC)cccc2OC)c(N)c1. The summed E-state index contributed by atoms with van der Waals surface area (Å²) in [5.41, 5.74) is 7.00. The first kappa shape index (κ1) is 14.7. The molecular formula is C16H17NO4. The van der Waals surface area contributed by atoms with Gasteiger partial charge in [-0.15, -0.1) is 0 Å². The quantitative estimate of drug-likeness (QED) is 0.676. The number of hydrogen-bond donors (Lipinski definition) is 1. The fraction of sp³-hybridized carbons (Fsp3) is 0.188. The number of rotatable bonds is 5. The topological polar surface area (TPSA) is 70.8 Å². The van der Waals surface area contributed by atoms with Crippen LogP contribution >= 0.6 is 0 Å². The summed E-state index contributed by atoms with van der Waals surface area (Å²) >= 11 is 0. The minimum Gasteiger partial charge on any atom is -0.497 e. The molecule has 0 aromatic heterocycles. The molecule has 0 bridgehead atoms. The van der Waals surface area contributed by atoms with Crippen LogP contribution in [0.15, 0.2) is 36.4 Å². The van der Waals surface area contributed by atoms with Crippen LogP contribution in [-0.2, 0) is 0 Å². The molecule has 0 radical (unpaired) electrons. The van der Waals surface area contributed by atoms with Crippen LogP contribution in [0.25, 0.3) is 0 Å². The van der Waals surface area contributed by atoms with Crippen LogP contribution in [0, 0.1) is 0 Å². The van der Waals surface area contributed by atoms with E-state index in [2.05, 4.69) is 0 Å². The van der Waals surface area contributed by atoms with Crippen molar-refractivity contribution in [2.24, 2.45) is 0 Å². The van der Waals surface area contributed by atoms with Crippen molar-refractivity contribution in [2.75, 3.05) is 27.1 Å². The molecule has 0 amide bonds. The Bertz CT molecular complexity index is 645. The molecule has 110 valence electrons. The second kappa shape index (κ2) is 6.17. The highest BCUT2D eigenvalue weighted by Crippen LogP contribution is 2.32. The monoisotopic (exact) mass is 287 g/mol. The van der Waals surface area contributed by atoms with Crippen molar-refractivity contribution in [1.82, 2.24) is 0 Å². The van der Waals surface area contributed by atoms with Gasteiger partial charge in [0.25, 0.3) is 0 Å². The smallest absolute Gasteiger partial charge is 0.202 e. The van der Waals surface area contributed by atoms with Gasteiger partial charge in [0.15, 0.2) is 0 Å². The zero-order valence-corrected chi connectivity index (χ0v) is 12.2. The van der Waals surface area contributed by atoms with Crippen LogP contribution in [-0.4, -0.2) is 27.1 Å². The predicted octanol–water partition coefficient (Wildman–Crippen LogP) is 2.53. The number of anilines is 1. The van der Waals surface area contributed by atoms with E-state index in [-0.39, 0.29) is 5.78 Å². The molecule has 0 atom stereocenters. The minimum atomic E-state index is -0.260. The van der Waals surface area contributed by atoms with Gasteiger partial charge in [0.2, 0.25) is 5.78 Å². The maximum absolute atomic E-state index is 12.7. The number of nitrogens with two attached hydrogens (primary N) is 1. The molecule has 5 nitrogen and oxygen atoms in total. The highest BCUT2D eigenvalue weighted by Gasteiger charge is 2.21. The van der Waals surface area contributed by atoms with Crippen molar-refractivity contribution in [3.8, 4) is 17.2 Å². The second-order valence-corrected chi connectivity index (χ2v) is 4.32. The summed E-state index contributed by atoms with van der Waals surface area (Å²) in [7, 11) is 4.55. The van der Waals surface area contributed by atoms with E-state index in [1.54, 1.807) is 43.5 Å². The lowest BCUT2D eigenvalue weighted by Crippen LogP contribution is -2.09. The van der Waals surface area contributed by atoms with Crippen molar-refractivity contribution < 1.29 is 19.0 Å². The number of carbonyl (C=O) groups excluding carboxylic acids is 1. The van der Waals surface area contributed by atoms with Gasteiger partial charge >= 0.3 is 0 Å². The van der Waals surface area contributed by atoms with Gasteiger partial charge < -0.3 is 19.9 Å². The molecule has 0 spiro atoms. The summed E-state index contributed by atoms with van der Waals surface area (Å²) in [5, 5.41) is 0. The largest absolute Gasteiger partial charge is 0.497 e. The van der Waals surface area contributed by atoms with Crippen molar-refractivity contribution >= 4 is 11.5 Å². The summed E-state index contributed by atoms with van der Waals surface area (Å²) in [4.78, 5) is 12.7. The van der Waals surface area contributed by atoms with Gasteiger partial charge in [-0.3, -0.25) is 4.79 Å². The molecule has 0 unspecified atom stereocenters. The Morgan fingerprint density at radius 2 is 1.57 bits per heavy atom. The molecule has 2 N–H and O–H groups in total. The highest BCUT2D eigenvalue weighted by molar-refractivity contribution is 6.15. The molecule has 5 heteroatoms. The molecule has 0 saturated heterocycles. The number of ketones is 1. The van der Waals surface area contributed by atoms with Gasteiger partial charge in [0, 0.05) is 17.3 Å². The first-order valence-electron chi connectivity index (χ1n) is 6.31. The molecule has 2 aromatic carbocycles. The number of ether oxygens (including phenoxy) is 3. The van der Waals surface area contributed by atoms with E-state index in [4.69, 9.17) is 19.9 Å². The predicted molar refractivity (Wildman–Crippen MR) is 80.4 cm³/mol.